The molecule has 3 N–H and O–H groups in total. The Bertz CT molecular complexity index is 1280. The number of amides is 1. The van der Waals surface area contributed by atoms with Crippen molar-refractivity contribution < 1.29 is 9.53 Å². The maximum absolute atomic E-state index is 13.7. The quantitative estimate of drug-likeness (QED) is 0.440. The third-order valence-electron chi connectivity index (χ3n) is 7.17. The first-order chi connectivity index (χ1) is 17.6. The second-order valence-electron chi connectivity index (χ2n) is 10.2. The SMILES string of the molecule is CC1=NC(NC2(C)NC3C(=CC=CC3C)O2)=NC(c2ccccc2Br)C1C(=O)NC1C=CC=CC1(C)Cl. The number of guanidine groups is 1. The zero-order valence-corrected chi connectivity index (χ0v) is 23.5. The average molecular weight is 585 g/mol. The van der Waals surface area contributed by atoms with Crippen molar-refractivity contribution in [2.45, 2.75) is 56.5 Å². The van der Waals surface area contributed by atoms with Crippen molar-refractivity contribution in [3.63, 3.8) is 0 Å². The minimum atomic E-state index is -0.896. The lowest BCUT2D eigenvalue weighted by molar-refractivity contribution is -0.124. The molecule has 0 radical (unpaired) electrons. The van der Waals surface area contributed by atoms with Gasteiger partial charge in [-0.1, -0.05) is 77.5 Å². The first-order valence-corrected chi connectivity index (χ1v) is 13.6. The Hall–Kier alpha value is -2.68. The van der Waals surface area contributed by atoms with E-state index in [0.29, 0.717) is 17.6 Å². The fourth-order valence-electron chi connectivity index (χ4n) is 5.14. The summed E-state index contributed by atoms with van der Waals surface area (Å²) >= 11 is 10.3. The fourth-order valence-corrected chi connectivity index (χ4v) is 5.86. The lowest BCUT2D eigenvalue weighted by Crippen LogP contribution is -2.57. The van der Waals surface area contributed by atoms with Crippen molar-refractivity contribution in [1.29, 1.82) is 0 Å². The van der Waals surface area contributed by atoms with E-state index >= 15 is 0 Å². The van der Waals surface area contributed by atoms with E-state index in [-0.39, 0.29) is 18.0 Å². The van der Waals surface area contributed by atoms with Crippen molar-refractivity contribution in [3.05, 3.63) is 82.6 Å². The molecule has 0 bridgehead atoms. The Morgan fingerprint density at radius 3 is 2.70 bits per heavy atom. The number of carbonyl (C=O) groups is 1. The van der Waals surface area contributed by atoms with Gasteiger partial charge >= 0.3 is 0 Å². The number of hydrogen-bond donors (Lipinski definition) is 3. The molecule has 1 aromatic carbocycles. The number of carbonyl (C=O) groups excluding carboxylic acids is 1. The van der Waals surface area contributed by atoms with Crippen LogP contribution in [0.15, 0.2) is 87.0 Å². The van der Waals surface area contributed by atoms with Gasteiger partial charge in [0.15, 0.2) is 0 Å². The van der Waals surface area contributed by atoms with Crippen LogP contribution in [0.1, 0.15) is 39.3 Å². The summed E-state index contributed by atoms with van der Waals surface area (Å²) in [7, 11) is 0. The van der Waals surface area contributed by atoms with E-state index in [4.69, 9.17) is 26.3 Å². The summed E-state index contributed by atoms with van der Waals surface area (Å²) in [6.45, 7) is 7.81. The highest BCUT2D eigenvalue weighted by Crippen LogP contribution is 2.37. The van der Waals surface area contributed by atoms with Gasteiger partial charge in [0.25, 0.3) is 0 Å². The molecule has 5 rings (SSSR count). The number of alkyl halides is 1. The Morgan fingerprint density at radius 2 is 1.97 bits per heavy atom. The first kappa shape index (κ1) is 25.9. The molecule has 1 saturated heterocycles. The highest BCUT2D eigenvalue weighted by atomic mass is 79.9. The molecule has 1 amide bonds. The summed E-state index contributed by atoms with van der Waals surface area (Å²) in [6, 6.07) is 7.01. The summed E-state index contributed by atoms with van der Waals surface area (Å²) in [5.74, 6) is -0.123. The van der Waals surface area contributed by atoms with Crippen LogP contribution in [0.4, 0.5) is 0 Å². The van der Waals surface area contributed by atoms with Crippen LogP contribution in [0.25, 0.3) is 0 Å². The van der Waals surface area contributed by atoms with E-state index < -0.39 is 22.7 Å². The van der Waals surface area contributed by atoms with E-state index in [1.807, 2.05) is 81.5 Å². The normalized spacial score (nSPS) is 36.2. The molecular formula is C28H31BrClN5O2. The van der Waals surface area contributed by atoms with E-state index in [1.165, 1.54) is 0 Å². The lowest BCUT2D eigenvalue weighted by Gasteiger charge is -2.34. The molecule has 1 fully saturated rings. The van der Waals surface area contributed by atoms with Crippen LogP contribution < -0.4 is 16.0 Å². The van der Waals surface area contributed by atoms with Crippen molar-refractivity contribution in [3.8, 4) is 0 Å². The first-order valence-electron chi connectivity index (χ1n) is 12.4. The number of fused-ring (bicyclic) bond motifs is 1. The molecule has 37 heavy (non-hydrogen) atoms. The van der Waals surface area contributed by atoms with Crippen molar-refractivity contribution in [2.24, 2.45) is 21.8 Å². The Labute approximate surface area is 231 Å². The number of benzene rings is 1. The molecule has 9 heteroatoms. The van der Waals surface area contributed by atoms with Gasteiger partial charge in [-0.3, -0.25) is 10.1 Å². The summed E-state index contributed by atoms with van der Waals surface area (Å²) in [5, 5.41) is 9.99. The number of rotatable bonds is 4. The average Bonchev–Trinajstić information content (AvgIpc) is 3.17. The van der Waals surface area contributed by atoms with Gasteiger partial charge in [0, 0.05) is 17.1 Å². The van der Waals surface area contributed by atoms with Crippen LogP contribution in [0, 0.1) is 11.8 Å². The second-order valence-corrected chi connectivity index (χ2v) is 11.9. The maximum Gasteiger partial charge on any atom is 0.237 e. The van der Waals surface area contributed by atoms with Crippen LogP contribution in [0.5, 0.6) is 0 Å². The summed E-state index contributed by atoms with van der Waals surface area (Å²) < 4.78 is 7.12. The van der Waals surface area contributed by atoms with Crippen molar-refractivity contribution in [2.75, 3.05) is 0 Å². The minimum Gasteiger partial charge on any atom is -0.458 e. The highest BCUT2D eigenvalue weighted by molar-refractivity contribution is 9.10. The molecule has 0 aromatic heterocycles. The summed E-state index contributed by atoms with van der Waals surface area (Å²) in [6.07, 6.45) is 13.7. The van der Waals surface area contributed by atoms with Gasteiger partial charge < -0.3 is 15.4 Å². The fraction of sp³-hybridized carbons (Fsp3) is 0.393. The summed E-state index contributed by atoms with van der Waals surface area (Å²) in [4.78, 5) is 22.7. The molecule has 7 unspecified atom stereocenters. The van der Waals surface area contributed by atoms with Gasteiger partial charge in [-0.15, -0.1) is 11.6 Å². The molecule has 2 aliphatic carbocycles. The molecule has 194 valence electrons. The molecule has 2 heterocycles. The van der Waals surface area contributed by atoms with Gasteiger partial charge in [-0.25, -0.2) is 9.98 Å². The smallest absolute Gasteiger partial charge is 0.237 e. The van der Waals surface area contributed by atoms with E-state index in [1.54, 1.807) is 0 Å². The number of halogens is 2. The topological polar surface area (TPSA) is 87.1 Å². The third kappa shape index (κ3) is 5.19. The number of nitrogens with zero attached hydrogens (tertiary/aromatic N) is 2. The predicted octanol–water partition coefficient (Wildman–Crippen LogP) is 4.89. The van der Waals surface area contributed by atoms with Gasteiger partial charge in [0.2, 0.25) is 17.7 Å². The van der Waals surface area contributed by atoms with Gasteiger partial charge in [-0.05, 0) is 37.5 Å². The number of nitrogens with one attached hydrogen (secondary N) is 3. The van der Waals surface area contributed by atoms with Gasteiger partial charge in [0.05, 0.1) is 23.0 Å². The van der Waals surface area contributed by atoms with Crippen LogP contribution >= 0.6 is 27.5 Å². The molecule has 7 atom stereocenters. The van der Waals surface area contributed by atoms with Crippen molar-refractivity contribution in [1.82, 2.24) is 16.0 Å². The van der Waals surface area contributed by atoms with Crippen LogP contribution in [-0.2, 0) is 9.53 Å². The zero-order chi connectivity index (χ0) is 26.4. The predicted molar refractivity (Wildman–Crippen MR) is 151 cm³/mol. The Kier molecular flexibility index (Phi) is 6.94. The summed E-state index contributed by atoms with van der Waals surface area (Å²) in [5.41, 5.74) is 1.54. The Morgan fingerprint density at radius 1 is 1.19 bits per heavy atom. The molecular weight excluding hydrogens is 554 g/mol. The maximum atomic E-state index is 13.7. The Balaban J connectivity index is 1.44. The molecule has 0 spiro atoms. The van der Waals surface area contributed by atoms with E-state index in [2.05, 4.69) is 44.9 Å². The molecule has 1 aromatic rings. The number of aliphatic imine (C=N–C) groups is 2. The van der Waals surface area contributed by atoms with E-state index in [0.717, 1.165) is 15.8 Å². The monoisotopic (exact) mass is 583 g/mol. The molecule has 4 aliphatic rings. The largest absolute Gasteiger partial charge is 0.458 e. The van der Waals surface area contributed by atoms with Crippen LogP contribution in [0.3, 0.4) is 0 Å². The highest BCUT2D eigenvalue weighted by Gasteiger charge is 2.45. The third-order valence-corrected chi connectivity index (χ3v) is 8.25. The van der Waals surface area contributed by atoms with Gasteiger partial charge in [-0.2, -0.15) is 0 Å². The van der Waals surface area contributed by atoms with Crippen molar-refractivity contribution >= 4 is 45.1 Å². The number of allylic oxidation sites excluding steroid dienone is 4. The number of ether oxygens (including phenoxy) is 1. The van der Waals surface area contributed by atoms with Crippen LogP contribution in [-0.4, -0.2) is 40.4 Å². The lowest BCUT2D eigenvalue weighted by atomic mass is 9.87. The second kappa shape index (κ2) is 9.89. The zero-order valence-electron chi connectivity index (χ0n) is 21.2. The number of hydrogen-bond acceptors (Lipinski definition) is 6. The molecule has 0 saturated carbocycles. The standard InChI is InChI=1S/C28H31BrClN5O2/c1-16-10-9-13-20-23(16)34-28(4,37-20)35-26-31-17(2)22(24(33-26)18-11-5-6-12-19(18)29)25(36)32-21-14-7-8-15-27(21,3)30/h5-16,21-24,34H,1-4H3,(H,32,36)(H,33,35). The van der Waals surface area contributed by atoms with Crippen LogP contribution in [0.2, 0.25) is 0 Å². The molecule has 7 nitrogen and oxygen atoms in total. The molecule has 2 aliphatic heterocycles. The van der Waals surface area contributed by atoms with E-state index in [9.17, 15) is 4.79 Å². The minimum absolute atomic E-state index is 0.0665. The van der Waals surface area contributed by atoms with Gasteiger partial charge in [0.1, 0.15) is 11.7 Å².